The highest BCUT2D eigenvalue weighted by Gasteiger charge is 2.00. The zero-order valence-electron chi connectivity index (χ0n) is 8.71. The van der Waals surface area contributed by atoms with E-state index in [4.69, 9.17) is 16.3 Å². The van der Waals surface area contributed by atoms with Crippen LogP contribution in [0.4, 0.5) is 0 Å². The quantitative estimate of drug-likeness (QED) is 0.693. The molecule has 0 unspecified atom stereocenters. The van der Waals surface area contributed by atoms with E-state index < -0.39 is 0 Å². The highest BCUT2D eigenvalue weighted by atomic mass is 127. The average molecular weight is 345 g/mol. The normalized spacial score (nSPS) is 10.2. The highest BCUT2D eigenvalue weighted by molar-refractivity contribution is 14.1. The maximum Gasteiger partial charge on any atom is 0.128 e. The third-order valence-electron chi connectivity index (χ3n) is 2.16. The molecule has 0 radical (unpaired) electrons. The number of aryl methyl sites for hydroxylation is 1. The summed E-state index contributed by atoms with van der Waals surface area (Å²) in [5.41, 5.74) is 1.21. The molecule has 0 saturated heterocycles. The summed E-state index contributed by atoms with van der Waals surface area (Å²) in [6, 6.07) is 13.4. The molecule has 0 bridgehead atoms. The van der Waals surface area contributed by atoms with E-state index in [1.807, 2.05) is 36.4 Å². The number of benzene rings is 2. The maximum absolute atomic E-state index is 5.89. The van der Waals surface area contributed by atoms with Crippen molar-refractivity contribution in [1.82, 2.24) is 0 Å². The first-order valence-corrected chi connectivity index (χ1v) is 6.30. The summed E-state index contributed by atoms with van der Waals surface area (Å²) >= 11 is 8.19. The number of ether oxygens (including phenoxy) is 1. The first-order chi connectivity index (χ1) is 7.65. The van der Waals surface area contributed by atoms with E-state index in [9.17, 15) is 0 Å². The first kappa shape index (κ1) is 11.7. The van der Waals surface area contributed by atoms with Crippen molar-refractivity contribution in [2.45, 2.75) is 6.92 Å². The fourth-order valence-electron chi connectivity index (χ4n) is 1.35. The standard InChI is InChI=1S/C13H10ClIO/c1-9-7-12(5-6-13(9)15)16-11-4-2-3-10(14)8-11/h2-8H,1H3. The second kappa shape index (κ2) is 5.06. The Morgan fingerprint density at radius 3 is 2.50 bits per heavy atom. The molecule has 0 aromatic heterocycles. The third kappa shape index (κ3) is 2.89. The molecule has 0 aliphatic rings. The van der Waals surface area contributed by atoms with E-state index in [2.05, 4.69) is 29.5 Å². The van der Waals surface area contributed by atoms with Gasteiger partial charge in [-0.25, -0.2) is 0 Å². The Labute approximate surface area is 114 Å². The Kier molecular flexibility index (Phi) is 3.71. The SMILES string of the molecule is Cc1cc(Oc2cccc(Cl)c2)ccc1I. The molecule has 0 fully saturated rings. The first-order valence-electron chi connectivity index (χ1n) is 4.85. The van der Waals surface area contributed by atoms with E-state index in [1.165, 1.54) is 9.13 Å². The molecule has 82 valence electrons. The van der Waals surface area contributed by atoms with Gasteiger partial charge in [0.05, 0.1) is 0 Å². The van der Waals surface area contributed by atoms with Crippen LogP contribution in [-0.4, -0.2) is 0 Å². The van der Waals surface area contributed by atoms with Gasteiger partial charge < -0.3 is 4.74 Å². The molecule has 0 saturated carbocycles. The van der Waals surface area contributed by atoms with Crippen LogP contribution < -0.4 is 4.74 Å². The zero-order chi connectivity index (χ0) is 11.5. The van der Waals surface area contributed by atoms with Gasteiger partial charge in [-0.2, -0.15) is 0 Å². The summed E-state index contributed by atoms with van der Waals surface area (Å²) in [6.45, 7) is 2.06. The number of hydrogen-bond acceptors (Lipinski definition) is 1. The molecule has 3 heteroatoms. The molecule has 0 N–H and O–H groups in total. The van der Waals surface area contributed by atoms with Crippen LogP contribution in [0.5, 0.6) is 11.5 Å². The van der Waals surface area contributed by atoms with Gasteiger partial charge in [0, 0.05) is 8.59 Å². The largest absolute Gasteiger partial charge is 0.457 e. The molecule has 2 rings (SSSR count). The lowest BCUT2D eigenvalue weighted by Gasteiger charge is -2.07. The van der Waals surface area contributed by atoms with Crippen LogP contribution in [0.3, 0.4) is 0 Å². The van der Waals surface area contributed by atoms with E-state index in [1.54, 1.807) is 6.07 Å². The number of rotatable bonds is 2. The predicted octanol–water partition coefficient (Wildman–Crippen LogP) is 5.05. The van der Waals surface area contributed by atoms with Crippen LogP contribution in [0, 0.1) is 10.5 Å². The van der Waals surface area contributed by atoms with Gasteiger partial charge in [-0.3, -0.25) is 0 Å². The number of halogens is 2. The van der Waals surface area contributed by atoms with Crippen LogP contribution in [-0.2, 0) is 0 Å². The van der Waals surface area contributed by atoms with Crippen LogP contribution >= 0.6 is 34.2 Å². The van der Waals surface area contributed by atoms with Gasteiger partial charge in [-0.1, -0.05) is 17.7 Å². The molecule has 2 aromatic carbocycles. The molecule has 2 aromatic rings. The van der Waals surface area contributed by atoms with Crippen molar-refractivity contribution >= 4 is 34.2 Å². The minimum absolute atomic E-state index is 0.680. The zero-order valence-corrected chi connectivity index (χ0v) is 11.6. The highest BCUT2D eigenvalue weighted by Crippen LogP contribution is 2.26. The smallest absolute Gasteiger partial charge is 0.128 e. The van der Waals surface area contributed by atoms with Crippen LogP contribution in [0.15, 0.2) is 42.5 Å². The fourth-order valence-corrected chi connectivity index (χ4v) is 1.86. The summed E-state index contributed by atoms with van der Waals surface area (Å²) in [4.78, 5) is 0. The van der Waals surface area contributed by atoms with Crippen LogP contribution in [0.2, 0.25) is 5.02 Å². The molecule has 0 atom stereocenters. The molecule has 0 heterocycles. The van der Waals surface area contributed by atoms with Crippen molar-refractivity contribution in [3.05, 3.63) is 56.6 Å². The third-order valence-corrected chi connectivity index (χ3v) is 3.61. The van der Waals surface area contributed by atoms with Crippen molar-refractivity contribution < 1.29 is 4.74 Å². The Hall–Kier alpha value is -0.740. The molecule has 0 aliphatic carbocycles. The van der Waals surface area contributed by atoms with Crippen LogP contribution in [0.1, 0.15) is 5.56 Å². The maximum atomic E-state index is 5.89. The Balaban J connectivity index is 2.24. The van der Waals surface area contributed by atoms with E-state index in [-0.39, 0.29) is 0 Å². The Bertz CT molecular complexity index is 511. The lowest BCUT2D eigenvalue weighted by atomic mass is 10.2. The van der Waals surface area contributed by atoms with Gasteiger partial charge >= 0.3 is 0 Å². The van der Waals surface area contributed by atoms with Gasteiger partial charge in [0.2, 0.25) is 0 Å². The molecule has 0 amide bonds. The van der Waals surface area contributed by atoms with Crippen LogP contribution in [0.25, 0.3) is 0 Å². The Morgan fingerprint density at radius 1 is 1.06 bits per heavy atom. The molecular weight excluding hydrogens is 334 g/mol. The topological polar surface area (TPSA) is 9.23 Å². The predicted molar refractivity (Wildman–Crippen MR) is 75.4 cm³/mol. The minimum atomic E-state index is 0.680. The fraction of sp³-hybridized carbons (Fsp3) is 0.0769. The van der Waals surface area contributed by atoms with Gasteiger partial charge in [-0.05, 0) is 71.5 Å². The summed E-state index contributed by atoms with van der Waals surface area (Å²) in [6.07, 6.45) is 0. The Morgan fingerprint density at radius 2 is 1.81 bits per heavy atom. The summed E-state index contributed by atoms with van der Waals surface area (Å²) in [7, 11) is 0. The summed E-state index contributed by atoms with van der Waals surface area (Å²) in [5, 5.41) is 0.680. The van der Waals surface area contributed by atoms with Crippen molar-refractivity contribution in [2.75, 3.05) is 0 Å². The number of hydrogen-bond donors (Lipinski definition) is 0. The minimum Gasteiger partial charge on any atom is -0.457 e. The van der Waals surface area contributed by atoms with Crippen molar-refractivity contribution in [1.29, 1.82) is 0 Å². The van der Waals surface area contributed by atoms with Gasteiger partial charge in [0.15, 0.2) is 0 Å². The van der Waals surface area contributed by atoms with E-state index in [0.29, 0.717) is 5.02 Å². The molecule has 0 aliphatic heterocycles. The lowest BCUT2D eigenvalue weighted by molar-refractivity contribution is 0.482. The van der Waals surface area contributed by atoms with Gasteiger partial charge in [0.25, 0.3) is 0 Å². The second-order valence-electron chi connectivity index (χ2n) is 3.47. The summed E-state index contributed by atoms with van der Waals surface area (Å²) in [5.74, 6) is 1.59. The van der Waals surface area contributed by atoms with Crippen molar-refractivity contribution in [3.63, 3.8) is 0 Å². The molecule has 16 heavy (non-hydrogen) atoms. The molecule has 1 nitrogen and oxygen atoms in total. The van der Waals surface area contributed by atoms with E-state index in [0.717, 1.165) is 11.5 Å². The summed E-state index contributed by atoms with van der Waals surface area (Å²) < 4.78 is 6.94. The monoisotopic (exact) mass is 344 g/mol. The molecular formula is C13H10ClIO. The average Bonchev–Trinajstić information content (AvgIpc) is 2.24. The molecule has 0 spiro atoms. The van der Waals surface area contributed by atoms with Crippen molar-refractivity contribution in [3.8, 4) is 11.5 Å². The van der Waals surface area contributed by atoms with Crippen molar-refractivity contribution in [2.24, 2.45) is 0 Å². The van der Waals surface area contributed by atoms with E-state index >= 15 is 0 Å². The van der Waals surface area contributed by atoms with Gasteiger partial charge in [0.1, 0.15) is 11.5 Å². The van der Waals surface area contributed by atoms with Gasteiger partial charge in [-0.15, -0.1) is 0 Å². The lowest BCUT2D eigenvalue weighted by Crippen LogP contribution is -1.86. The second-order valence-corrected chi connectivity index (χ2v) is 5.07.